The van der Waals surface area contributed by atoms with Gasteiger partial charge in [0.2, 0.25) is 5.91 Å². The first-order chi connectivity index (χ1) is 11.7. The Kier molecular flexibility index (Phi) is 4.43. The smallest absolute Gasteiger partial charge is 0.317 e. The topological polar surface area (TPSA) is 74.3 Å². The van der Waals surface area contributed by atoms with Crippen LogP contribution < -0.4 is 10.6 Å². The normalized spacial score (nSPS) is 23.5. The summed E-state index contributed by atoms with van der Waals surface area (Å²) >= 11 is 1.62. The Morgan fingerprint density at radius 3 is 2.75 bits per heavy atom. The Balaban J connectivity index is 1.34. The fourth-order valence-corrected chi connectivity index (χ4v) is 4.53. The Hall–Kier alpha value is -1.63. The van der Waals surface area contributed by atoms with E-state index < -0.39 is 0 Å². The van der Waals surface area contributed by atoms with Crippen LogP contribution in [0.4, 0.5) is 9.93 Å². The fourth-order valence-electron chi connectivity index (χ4n) is 3.48. The number of thiazole rings is 1. The van der Waals surface area contributed by atoms with Crippen molar-refractivity contribution < 1.29 is 9.59 Å². The number of aryl methyl sites for hydroxylation is 2. The number of rotatable bonds is 3. The van der Waals surface area contributed by atoms with E-state index in [1.54, 1.807) is 16.2 Å². The quantitative estimate of drug-likeness (QED) is 0.881. The largest absolute Gasteiger partial charge is 0.335 e. The molecule has 7 heteroatoms. The number of hydrogen-bond donors (Lipinski definition) is 2. The van der Waals surface area contributed by atoms with Gasteiger partial charge in [-0.25, -0.2) is 9.78 Å². The average Bonchev–Trinajstić information content (AvgIpc) is 3.31. The molecular weight excluding hydrogens is 324 g/mol. The third-order valence-corrected chi connectivity index (χ3v) is 6.13. The van der Waals surface area contributed by atoms with E-state index in [0.29, 0.717) is 12.6 Å². The zero-order valence-corrected chi connectivity index (χ0v) is 14.7. The molecule has 6 nitrogen and oxygen atoms in total. The van der Waals surface area contributed by atoms with Crippen molar-refractivity contribution in [1.82, 2.24) is 15.2 Å². The molecule has 0 spiro atoms. The van der Waals surface area contributed by atoms with Gasteiger partial charge < -0.3 is 15.5 Å². The summed E-state index contributed by atoms with van der Waals surface area (Å²) in [6, 6.07) is 0.341. The molecule has 0 aromatic carbocycles. The molecule has 1 atom stereocenters. The van der Waals surface area contributed by atoms with Gasteiger partial charge in [0.05, 0.1) is 11.6 Å². The van der Waals surface area contributed by atoms with Crippen LogP contribution in [0.1, 0.15) is 49.1 Å². The summed E-state index contributed by atoms with van der Waals surface area (Å²) in [7, 11) is 0. The van der Waals surface area contributed by atoms with Crippen LogP contribution in [0.2, 0.25) is 0 Å². The van der Waals surface area contributed by atoms with Crippen molar-refractivity contribution in [3.05, 3.63) is 10.6 Å². The van der Waals surface area contributed by atoms with Crippen LogP contribution >= 0.6 is 11.3 Å². The number of carbonyl (C=O) groups excluding carboxylic acids is 2. The Morgan fingerprint density at radius 1 is 1.12 bits per heavy atom. The second kappa shape index (κ2) is 6.70. The minimum atomic E-state index is -0.135. The van der Waals surface area contributed by atoms with Gasteiger partial charge in [-0.1, -0.05) is 0 Å². The SMILES string of the molecule is O=C(Nc1nc2c(s1)CCCC2)C1CCCN(C(=O)NC2CC2)C1. The van der Waals surface area contributed by atoms with E-state index in [1.165, 1.54) is 17.7 Å². The molecule has 2 heterocycles. The third-order valence-electron chi connectivity index (χ3n) is 5.06. The minimum Gasteiger partial charge on any atom is -0.335 e. The number of likely N-dealkylation sites (tertiary alicyclic amines) is 1. The lowest BCUT2D eigenvalue weighted by Gasteiger charge is -2.31. The number of hydrogen-bond acceptors (Lipinski definition) is 4. The Bertz CT molecular complexity index is 617. The number of urea groups is 1. The standard InChI is InChI=1S/C17H24N4O2S/c22-15(20-16-19-13-5-1-2-6-14(13)24-16)11-4-3-9-21(10-11)17(23)18-12-7-8-12/h11-12H,1-10H2,(H,18,23)(H,19,20,22). The summed E-state index contributed by atoms with van der Waals surface area (Å²) in [5.74, 6) is -0.130. The van der Waals surface area contributed by atoms with Crippen molar-refractivity contribution in [2.45, 2.75) is 57.4 Å². The molecule has 1 unspecified atom stereocenters. The highest BCUT2D eigenvalue weighted by Crippen LogP contribution is 2.30. The van der Waals surface area contributed by atoms with E-state index in [9.17, 15) is 9.59 Å². The number of carbonyl (C=O) groups is 2. The molecule has 4 rings (SSSR count). The Labute approximate surface area is 146 Å². The molecular formula is C17H24N4O2S. The number of piperidine rings is 1. The first-order valence-corrected chi connectivity index (χ1v) is 9.85. The van der Waals surface area contributed by atoms with Gasteiger partial charge in [-0.2, -0.15) is 0 Å². The van der Waals surface area contributed by atoms with Crippen molar-refractivity contribution >= 4 is 28.4 Å². The van der Waals surface area contributed by atoms with Crippen LogP contribution in [0.3, 0.4) is 0 Å². The van der Waals surface area contributed by atoms with Gasteiger partial charge in [0.25, 0.3) is 0 Å². The molecule has 3 aliphatic rings. The highest BCUT2D eigenvalue weighted by Gasteiger charge is 2.31. The average molecular weight is 348 g/mol. The molecule has 1 saturated heterocycles. The number of fused-ring (bicyclic) bond motifs is 1. The number of nitrogens with zero attached hydrogens (tertiary/aromatic N) is 2. The zero-order chi connectivity index (χ0) is 16.5. The van der Waals surface area contributed by atoms with Crippen LogP contribution in [0.15, 0.2) is 0 Å². The van der Waals surface area contributed by atoms with E-state index >= 15 is 0 Å². The summed E-state index contributed by atoms with van der Waals surface area (Å²) in [6.07, 6.45) is 8.40. The molecule has 3 amide bonds. The second-order valence-corrected chi connectivity index (χ2v) is 8.18. The lowest BCUT2D eigenvalue weighted by atomic mass is 9.97. The second-order valence-electron chi connectivity index (χ2n) is 7.09. The van der Waals surface area contributed by atoms with Gasteiger partial charge in [-0.3, -0.25) is 4.79 Å². The molecule has 1 aliphatic heterocycles. The third kappa shape index (κ3) is 3.55. The molecule has 2 aliphatic carbocycles. The predicted molar refractivity (Wildman–Crippen MR) is 93.2 cm³/mol. The summed E-state index contributed by atoms with van der Waals surface area (Å²) in [6.45, 7) is 1.25. The van der Waals surface area contributed by atoms with E-state index in [-0.39, 0.29) is 17.9 Å². The number of aromatic nitrogens is 1. The summed E-state index contributed by atoms with van der Waals surface area (Å²) in [5, 5.41) is 6.73. The highest BCUT2D eigenvalue weighted by atomic mass is 32.1. The fraction of sp³-hybridized carbons (Fsp3) is 0.706. The monoisotopic (exact) mass is 348 g/mol. The summed E-state index contributed by atoms with van der Waals surface area (Å²) in [5.41, 5.74) is 1.16. The minimum absolute atomic E-state index is 0.00465. The molecule has 0 bridgehead atoms. The van der Waals surface area contributed by atoms with Crippen LogP contribution in [0, 0.1) is 5.92 Å². The number of amides is 3. The number of anilines is 1. The molecule has 130 valence electrons. The van der Waals surface area contributed by atoms with Crippen LogP contribution in [0.25, 0.3) is 0 Å². The Morgan fingerprint density at radius 2 is 1.96 bits per heavy atom. The molecule has 1 saturated carbocycles. The maximum atomic E-state index is 12.6. The van der Waals surface area contributed by atoms with Crippen molar-refractivity contribution in [1.29, 1.82) is 0 Å². The van der Waals surface area contributed by atoms with Gasteiger partial charge in [-0.15, -0.1) is 11.3 Å². The van der Waals surface area contributed by atoms with Crippen LogP contribution in [0.5, 0.6) is 0 Å². The van der Waals surface area contributed by atoms with Crippen molar-refractivity contribution in [3.8, 4) is 0 Å². The first kappa shape index (κ1) is 15.9. The summed E-state index contributed by atoms with van der Waals surface area (Å²) < 4.78 is 0. The molecule has 2 fully saturated rings. The van der Waals surface area contributed by atoms with E-state index in [0.717, 1.165) is 55.9 Å². The molecule has 1 aromatic heterocycles. The first-order valence-electron chi connectivity index (χ1n) is 9.04. The molecule has 2 N–H and O–H groups in total. The summed E-state index contributed by atoms with van der Waals surface area (Å²) in [4.78, 5) is 32.5. The van der Waals surface area contributed by atoms with Gasteiger partial charge in [0.15, 0.2) is 5.13 Å². The maximum Gasteiger partial charge on any atom is 0.317 e. The van der Waals surface area contributed by atoms with E-state index in [2.05, 4.69) is 15.6 Å². The van der Waals surface area contributed by atoms with Gasteiger partial charge in [-0.05, 0) is 51.4 Å². The van der Waals surface area contributed by atoms with Crippen molar-refractivity contribution in [2.24, 2.45) is 5.92 Å². The lowest BCUT2D eigenvalue weighted by Crippen LogP contribution is -2.48. The van der Waals surface area contributed by atoms with Crippen molar-refractivity contribution in [2.75, 3.05) is 18.4 Å². The van der Waals surface area contributed by atoms with Gasteiger partial charge in [0.1, 0.15) is 0 Å². The van der Waals surface area contributed by atoms with Crippen LogP contribution in [-0.4, -0.2) is 41.0 Å². The number of nitrogens with one attached hydrogen (secondary N) is 2. The molecule has 0 radical (unpaired) electrons. The van der Waals surface area contributed by atoms with E-state index in [1.807, 2.05) is 0 Å². The van der Waals surface area contributed by atoms with Gasteiger partial charge >= 0.3 is 6.03 Å². The highest BCUT2D eigenvalue weighted by molar-refractivity contribution is 7.15. The zero-order valence-electron chi connectivity index (χ0n) is 13.8. The van der Waals surface area contributed by atoms with Gasteiger partial charge in [0, 0.05) is 24.0 Å². The van der Waals surface area contributed by atoms with E-state index in [4.69, 9.17) is 0 Å². The van der Waals surface area contributed by atoms with Crippen LogP contribution in [-0.2, 0) is 17.6 Å². The predicted octanol–water partition coefficient (Wildman–Crippen LogP) is 2.54. The molecule has 1 aromatic rings. The van der Waals surface area contributed by atoms with Crippen molar-refractivity contribution in [3.63, 3.8) is 0 Å². The maximum absolute atomic E-state index is 12.6. The molecule has 24 heavy (non-hydrogen) atoms. The lowest BCUT2D eigenvalue weighted by molar-refractivity contribution is -0.121.